The Hall–Kier alpha value is -2.50. The Kier molecular flexibility index (Phi) is 6.11. The van der Waals surface area contributed by atoms with Crippen molar-refractivity contribution in [3.8, 4) is 0 Å². The van der Waals surface area contributed by atoms with E-state index in [4.69, 9.17) is 4.74 Å². The third kappa shape index (κ3) is 4.75. The fourth-order valence-corrected chi connectivity index (χ4v) is 6.76. The van der Waals surface area contributed by atoms with E-state index in [2.05, 4.69) is 15.0 Å². The van der Waals surface area contributed by atoms with Crippen molar-refractivity contribution in [2.45, 2.75) is 44.6 Å². The molecule has 0 saturated carbocycles. The summed E-state index contributed by atoms with van der Waals surface area (Å²) in [5.74, 6) is -0.310. The molecule has 33 heavy (non-hydrogen) atoms. The van der Waals surface area contributed by atoms with Crippen molar-refractivity contribution in [3.05, 3.63) is 39.9 Å². The number of ether oxygens (including phenoxy) is 1. The number of amides is 2. The van der Waals surface area contributed by atoms with Crippen LogP contribution in [-0.4, -0.2) is 62.5 Å². The fourth-order valence-electron chi connectivity index (χ4n) is 4.50. The summed E-state index contributed by atoms with van der Waals surface area (Å²) in [5.41, 5.74) is 1.98. The summed E-state index contributed by atoms with van der Waals surface area (Å²) in [6.45, 7) is 1.44. The molecule has 9 nitrogen and oxygen atoms in total. The van der Waals surface area contributed by atoms with E-state index in [0.717, 1.165) is 55.6 Å². The summed E-state index contributed by atoms with van der Waals surface area (Å²) in [6, 6.07) is 0. The molecule has 1 fully saturated rings. The molecule has 0 radical (unpaired) electrons. The molecule has 1 atom stereocenters. The average molecular weight is 491 g/mol. The first-order valence-corrected chi connectivity index (χ1v) is 13.7. The highest BCUT2D eigenvalue weighted by Gasteiger charge is 2.29. The van der Waals surface area contributed by atoms with Crippen molar-refractivity contribution in [2.75, 3.05) is 30.8 Å². The minimum absolute atomic E-state index is 0.0446. The van der Waals surface area contributed by atoms with Crippen molar-refractivity contribution >= 4 is 44.0 Å². The number of thiophene rings is 1. The lowest BCUT2D eigenvalue weighted by Gasteiger charge is -2.26. The van der Waals surface area contributed by atoms with E-state index in [1.807, 2.05) is 0 Å². The van der Waals surface area contributed by atoms with Gasteiger partial charge in [-0.25, -0.2) is 8.42 Å². The maximum Gasteiger partial charge on any atom is 0.257 e. The van der Waals surface area contributed by atoms with E-state index in [9.17, 15) is 18.0 Å². The van der Waals surface area contributed by atoms with Gasteiger partial charge >= 0.3 is 0 Å². The van der Waals surface area contributed by atoms with E-state index in [1.54, 1.807) is 17.2 Å². The standard InChI is InChI=1S/C22H26N4O5S2/c27-20(14-7-8-18-25-33(29,30)11-9-26(18)13-14)24-22-19(16-5-1-2-6-17(16)32-22)21(28)23-12-15-4-3-10-31-15/h7-8,13,15H,1-6,9-12H2,(H,23,28)(H,24,27). The predicted molar refractivity (Wildman–Crippen MR) is 126 cm³/mol. The van der Waals surface area contributed by atoms with Gasteiger partial charge in [-0.1, -0.05) is 0 Å². The number of hydrogen-bond donors (Lipinski definition) is 2. The molecular weight excluding hydrogens is 464 g/mol. The van der Waals surface area contributed by atoms with Gasteiger partial charge in [-0.3, -0.25) is 9.59 Å². The first-order valence-electron chi connectivity index (χ1n) is 11.2. The Morgan fingerprint density at radius 3 is 2.85 bits per heavy atom. The number of anilines is 1. The smallest absolute Gasteiger partial charge is 0.257 e. The van der Waals surface area contributed by atoms with E-state index >= 15 is 0 Å². The highest BCUT2D eigenvalue weighted by molar-refractivity contribution is 7.90. The normalized spacial score (nSPS) is 23.3. The number of amidine groups is 1. The lowest BCUT2D eigenvalue weighted by atomic mass is 9.95. The summed E-state index contributed by atoms with van der Waals surface area (Å²) >= 11 is 1.47. The van der Waals surface area contributed by atoms with E-state index in [0.29, 0.717) is 28.5 Å². The molecule has 5 rings (SSSR count). The van der Waals surface area contributed by atoms with Crippen LogP contribution in [-0.2, 0) is 32.4 Å². The van der Waals surface area contributed by atoms with Crippen LogP contribution in [0.3, 0.4) is 0 Å². The third-order valence-corrected chi connectivity index (χ3v) is 8.60. The maximum atomic E-state index is 13.1. The lowest BCUT2D eigenvalue weighted by molar-refractivity contribution is -0.112. The molecule has 1 aromatic rings. The average Bonchev–Trinajstić information content (AvgIpc) is 3.44. The Morgan fingerprint density at radius 1 is 1.18 bits per heavy atom. The Labute approximate surface area is 196 Å². The van der Waals surface area contributed by atoms with Crippen molar-refractivity contribution < 1.29 is 22.7 Å². The summed E-state index contributed by atoms with van der Waals surface area (Å²) in [4.78, 5) is 29.0. The zero-order valence-corrected chi connectivity index (χ0v) is 19.8. The van der Waals surface area contributed by atoms with Crippen LogP contribution < -0.4 is 10.6 Å². The van der Waals surface area contributed by atoms with Gasteiger partial charge in [0.25, 0.3) is 21.8 Å². The van der Waals surface area contributed by atoms with Gasteiger partial charge in [-0.15, -0.1) is 15.7 Å². The number of sulfonamides is 1. The van der Waals surface area contributed by atoms with Gasteiger partial charge in [-0.2, -0.15) is 0 Å². The van der Waals surface area contributed by atoms with Crippen LogP contribution in [0.4, 0.5) is 5.00 Å². The molecule has 11 heteroatoms. The van der Waals surface area contributed by atoms with Crippen LogP contribution in [0.15, 0.2) is 28.3 Å². The highest BCUT2D eigenvalue weighted by atomic mass is 32.2. The SMILES string of the molecule is O=C(Nc1sc2c(c1C(=O)NCC1CCCO1)CCCC2)C1=CN2CCS(=O)(=O)N=C2C=C1. The zero-order valence-electron chi connectivity index (χ0n) is 18.1. The molecular formula is C22H26N4O5S2. The largest absolute Gasteiger partial charge is 0.376 e. The van der Waals surface area contributed by atoms with Gasteiger partial charge in [0, 0.05) is 30.8 Å². The van der Waals surface area contributed by atoms with Crippen molar-refractivity contribution in [1.29, 1.82) is 0 Å². The first-order chi connectivity index (χ1) is 15.9. The van der Waals surface area contributed by atoms with Crippen molar-refractivity contribution in [3.63, 3.8) is 0 Å². The number of nitrogens with zero attached hydrogens (tertiary/aromatic N) is 2. The number of nitrogens with one attached hydrogen (secondary N) is 2. The number of carbonyl (C=O) groups excluding carboxylic acids is 2. The Bertz CT molecular complexity index is 1180. The van der Waals surface area contributed by atoms with Crippen molar-refractivity contribution in [1.82, 2.24) is 10.2 Å². The van der Waals surface area contributed by atoms with Gasteiger partial charge < -0.3 is 20.3 Å². The Morgan fingerprint density at radius 2 is 2.03 bits per heavy atom. The first kappa shape index (κ1) is 22.3. The molecule has 4 heterocycles. The summed E-state index contributed by atoms with van der Waals surface area (Å²) in [5, 5.41) is 6.50. The second-order valence-electron chi connectivity index (χ2n) is 8.56. The number of carbonyl (C=O) groups is 2. The van der Waals surface area contributed by atoms with E-state index in [-0.39, 0.29) is 30.2 Å². The van der Waals surface area contributed by atoms with Gasteiger partial charge in [0.2, 0.25) is 0 Å². The molecule has 3 aliphatic heterocycles. The summed E-state index contributed by atoms with van der Waals surface area (Å²) in [7, 11) is -3.45. The lowest BCUT2D eigenvalue weighted by Crippen LogP contribution is -2.37. The van der Waals surface area contributed by atoms with Crippen LogP contribution in [0.1, 0.15) is 46.5 Å². The molecule has 1 aromatic heterocycles. The second-order valence-corrected chi connectivity index (χ2v) is 11.4. The van der Waals surface area contributed by atoms with Gasteiger partial charge in [0.1, 0.15) is 10.8 Å². The maximum absolute atomic E-state index is 13.1. The molecule has 2 N–H and O–H groups in total. The van der Waals surface area contributed by atoms with Crippen LogP contribution >= 0.6 is 11.3 Å². The number of hydrogen-bond acceptors (Lipinski definition) is 7. The minimum Gasteiger partial charge on any atom is -0.376 e. The van der Waals surface area contributed by atoms with Crippen LogP contribution in [0, 0.1) is 0 Å². The number of rotatable bonds is 5. The van der Waals surface area contributed by atoms with Crippen LogP contribution in [0.5, 0.6) is 0 Å². The summed E-state index contributed by atoms with van der Waals surface area (Å²) < 4.78 is 32.8. The molecule has 0 aromatic carbocycles. The Balaban J connectivity index is 1.35. The highest BCUT2D eigenvalue weighted by Crippen LogP contribution is 2.38. The van der Waals surface area contributed by atoms with Gasteiger partial charge in [0.05, 0.1) is 23.0 Å². The van der Waals surface area contributed by atoms with Crippen LogP contribution in [0.25, 0.3) is 0 Å². The van der Waals surface area contributed by atoms with Crippen molar-refractivity contribution in [2.24, 2.45) is 4.40 Å². The number of fused-ring (bicyclic) bond motifs is 2. The van der Waals surface area contributed by atoms with Gasteiger partial charge in [-0.05, 0) is 56.2 Å². The molecule has 1 aliphatic carbocycles. The summed E-state index contributed by atoms with van der Waals surface area (Å²) in [6.07, 6.45) is 10.5. The molecule has 1 saturated heterocycles. The van der Waals surface area contributed by atoms with E-state index in [1.165, 1.54) is 17.4 Å². The monoisotopic (exact) mass is 490 g/mol. The zero-order chi connectivity index (χ0) is 23.0. The van der Waals surface area contributed by atoms with Crippen LogP contribution in [0.2, 0.25) is 0 Å². The molecule has 2 amide bonds. The third-order valence-electron chi connectivity index (χ3n) is 6.23. The quantitative estimate of drug-likeness (QED) is 0.652. The number of aryl methyl sites for hydroxylation is 1. The predicted octanol–water partition coefficient (Wildman–Crippen LogP) is 1.97. The molecule has 1 unspecified atom stereocenters. The topological polar surface area (TPSA) is 117 Å². The second kappa shape index (κ2) is 9.03. The molecule has 4 aliphatic rings. The molecule has 176 valence electrons. The van der Waals surface area contributed by atoms with Gasteiger partial charge in [0.15, 0.2) is 0 Å². The fraction of sp³-hybridized carbons (Fsp3) is 0.500. The molecule has 0 bridgehead atoms. The van der Waals surface area contributed by atoms with E-state index < -0.39 is 10.0 Å². The minimum atomic E-state index is -3.45. The molecule has 0 spiro atoms.